The maximum absolute atomic E-state index is 11.3. The van der Waals surface area contributed by atoms with E-state index in [1.165, 1.54) is 32.1 Å². The second kappa shape index (κ2) is 6.53. The van der Waals surface area contributed by atoms with Gasteiger partial charge in [-0.25, -0.2) is 0 Å². The van der Waals surface area contributed by atoms with Crippen molar-refractivity contribution < 1.29 is 9.90 Å². The number of nitrogens with zero attached hydrogens (tertiary/aromatic N) is 1. The summed E-state index contributed by atoms with van der Waals surface area (Å²) in [5.41, 5.74) is 0. The third-order valence-corrected chi connectivity index (χ3v) is 4.23. The average Bonchev–Trinajstić information content (AvgIpc) is 3.19. The van der Waals surface area contributed by atoms with Gasteiger partial charge in [-0.3, -0.25) is 9.69 Å². The number of nitrogens with one attached hydrogen (secondary N) is 1. The Morgan fingerprint density at radius 3 is 2.44 bits per heavy atom. The van der Waals surface area contributed by atoms with E-state index < -0.39 is 5.97 Å². The van der Waals surface area contributed by atoms with Gasteiger partial charge in [-0.05, 0) is 32.2 Å². The van der Waals surface area contributed by atoms with E-state index >= 15 is 0 Å². The van der Waals surface area contributed by atoms with Crippen molar-refractivity contribution >= 4 is 5.97 Å². The quantitative estimate of drug-likeness (QED) is 0.728. The van der Waals surface area contributed by atoms with Gasteiger partial charge in [0.05, 0.1) is 0 Å². The Kier molecular flexibility index (Phi) is 5.01. The van der Waals surface area contributed by atoms with Crippen LogP contribution in [0.15, 0.2) is 0 Å². The minimum atomic E-state index is -0.698. The molecule has 2 fully saturated rings. The van der Waals surface area contributed by atoms with E-state index in [1.807, 2.05) is 0 Å². The standard InChI is InChI=1S/C14H26N2O2/c1-2-16(12-6-4-3-5-7-12)10-13(14(17)18)15-11-8-9-11/h11-13,15H,2-10H2,1H3,(H,17,18). The largest absolute Gasteiger partial charge is 0.480 e. The van der Waals surface area contributed by atoms with Crippen LogP contribution in [0.25, 0.3) is 0 Å². The van der Waals surface area contributed by atoms with Crippen molar-refractivity contribution in [2.45, 2.75) is 70.0 Å². The first-order chi connectivity index (χ1) is 8.70. The normalized spacial score (nSPS) is 23.2. The van der Waals surface area contributed by atoms with Crippen molar-refractivity contribution in [1.29, 1.82) is 0 Å². The van der Waals surface area contributed by atoms with Crippen molar-refractivity contribution in [2.75, 3.05) is 13.1 Å². The van der Waals surface area contributed by atoms with E-state index in [0.717, 1.165) is 19.4 Å². The van der Waals surface area contributed by atoms with Gasteiger partial charge >= 0.3 is 5.97 Å². The number of aliphatic carboxylic acids is 1. The lowest BCUT2D eigenvalue weighted by Gasteiger charge is -2.35. The zero-order valence-corrected chi connectivity index (χ0v) is 11.4. The van der Waals surface area contributed by atoms with E-state index in [2.05, 4.69) is 17.1 Å². The van der Waals surface area contributed by atoms with Crippen LogP contribution in [-0.2, 0) is 4.79 Å². The van der Waals surface area contributed by atoms with Crippen LogP contribution in [0.3, 0.4) is 0 Å². The Morgan fingerprint density at radius 2 is 1.94 bits per heavy atom. The fourth-order valence-corrected chi connectivity index (χ4v) is 2.95. The molecule has 0 saturated heterocycles. The number of carboxylic acid groups (broad SMARTS) is 1. The van der Waals surface area contributed by atoms with Crippen LogP contribution in [0.1, 0.15) is 51.9 Å². The Balaban J connectivity index is 1.86. The first kappa shape index (κ1) is 13.8. The predicted molar refractivity (Wildman–Crippen MR) is 71.7 cm³/mol. The molecule has 0 radical (unpaired) electrons. The van der Waals surface area contributed by atoms with Gasteiger partial charge in [-0.1, -0.05) is 26.2 Å². The SMILES string of the molecule is CCN(CC(NC1CC1)C(=O)O)C1CCCCC1. The molecule has 2 saturated carbocycles. The molecule has 0 aliphatic heterocycles. The third-order valence-electron chi connectivity index (χ3n) is 4.23. The first-order valence-electron chi connectivity index (χ1n) is 7.43. The monoisotopic (exact) mass is 254 g/mol. The summed E-state index contributed by atoms with van der Waals surface area (Å²) in [6.45, 7) is 3.76. The highest BCUT2D eigenvalue weighted by molar-refractivity contribution is 5.73. The van der Waals surface area contributed by atoms with Crippen molar-refractivity contribution in [2.24, 2.45) is 0 Å². The molecule has 0 aromatic heterocycles. The van der Waals surface area contributed by atoms with Gasteiger partial charge in [-0.2, -0.15) is 0 Å². The van der Waals surface area contributed by atoms with Gasteiger partial charge in [0, 0.05) is 18.6 Å². The number of hydrogen-bond acceptors (Lipinski definition) is 3. The molecular weight excluding hydrogens is 228 g/mol. The van der Waals surface area contributed by atoms with E-state index in [1.54, 1.807) is 0 Å². The molecule has 18 heavy (non-hydrogen) atoms. The Hall–Kier alpha value is -0.610. The van der Waals surface area contributed by atoms with Crippen molar-refractivity contribution in [3.63, 3.8) is 0 Å². The van der Waals surface area contributed by atoms with Gasteiger partial charge in [-0.15, -0.1) is 0 Å². The van der Waals surface area contributed by atoms with Crippen LogP contribution < -0.4 is 5.32 Å². The van der Waals surface area contributed by atoms with E-state index in [9.17, 15) is 9.90 Å². The highest BCUT2D eigenvalue weighted by Crippen LogP contribution is 2.23. The maximum Gasteiger partial charge on any atom is 0.322 e. The zero-order valence-electron chi connectivity index (χ0n) is 11.4. The molecule has 2 aliphatic rings. The van der Waals surface area contributed by atoms with Crippen LogP contribution >= 0.6 is 0 Å². The van der Waals surface area contributed by atoms with Gasteiger partial charge in [0.1, 0.15) is 6.04 Å². The number of likely N-dealkylation sites (N-methyl/N-ethyl adjacent to an activating group) is 1. The lowest BCUT2D eigenvalue weighted by molar-refractivity contribution is -0.140. The van der Waals surface area contributed by atoms with Crippen LogP contribution in [0.2, 0.25) is 0 Å². The molecule has 4 nitrogen and oxygen atoms in total. The molecule has 1 unspecified atom stereocenters. The summed E-state index contributed by atoms with van der Waals surface area (Å²) in [7, 11) is 0. The molecule has 104 valence electrons. The molecule has 2 rings (SSSR count). The second-order valence-corrected chi connectivity index (χ2v) is 5.71. The molecule has 2 aliphatic carbocycles. The van der Waals surface area contributed by atoms with Gasteiger partial charge in [0.2, 0.25) is 0 Å². The van der Waals surface area contributed by atoms with Crippen molar-refractivity contribution in [3.8, 4) is 0 Å². The lowest BCUT2D eigenvalue weighted by atomic mass is 9.94. The zero-order chi connectivity index (χ0) is 13.0. The minimum absolute atomic E-state index is 0.389. The highest BCUT2D eigenvalue weighted by Gasteiger charge is 2.31. The fraction of sp³-hybridized carbons (Fsp3) is 0.929. The number of carboxylic acids is 1. The molecule has 0 spiro atoms. The Bertz CT molecular complexity index is 273. The smallest absolute Gasteiger partial charge is 0.322 e. The molecule has 0 amide bonds. The Labute approximate surface area is 110 Å². The van der Waals surface area contributed by atoms with Crippen molar-refractivity contribution in [3.05, 3.63) is 0 Å². The highest BCUT2D eigenvalue weighted by atomic mass is 16.4. The molecule has 0 bridgehead atoms. The molecule has 0 heterocycles. The van der Waals surface area contributed by atoms with Crippen LogP contribution in [-0.4, -0.2) is 47.2 Å². The summed E-state index contributed by atoms with van der Waals surface area (Å²) >= 11 is 0. The average molecular weight is 254 g/mol. The van der Waals surface area contributed by atoms with Gasteiger partial charge in [0.25, 0.3) is 0 Å². The van der Waals surface area contributed by atoms with E-state index in [0.29, 0.717) is 18.6 Å². The van der Waals surface area contributed by atoms with E-state index in [-0.39, 0.29) is 6.04 Å². The summed E-state index contributed by atoms with van der Waals surface area (Å²) in [6.07, 6.45) is 8.70. The topological polar surface area (TPSA) is 52.6 Å². The number of hydrogen-bond donors (Lipinski definition) is 2. The van der Waals surface area contributed by atoms with E-state index in [4.69, 9.17) is 0 Å². The molecule has 2 N–H and O–H groups in total. The summed E-state index contributed by atoms with van der Waals surface area (Å²) in [4.78, 5) is 13.7. The molecule has 0 aromatic carbocycles. The summed E-state index contributed by atoms with van der Waals surface area (Å²) in [6, 6.07) is 0.669. The maximum atomic E-state index is 11.3. The molecule has 0 aromatic rings. The first-order valence-corrected chi connectivity index (χ1v) is 7.43. The fourth-order valence-electron chi connectivity index (χ4n) is 2.95. The number of rotatable bonds is 7. The second-order valence-electron chi connectivity index (χ2n) is 5.71. The Morgan fingerprint density at radius 1 is 1.28 bits per heavy atom. The van der Waals surface area contributed by atoms with Gasteiger partial charge in [0.15, 0.2) is 0 Å². The predicted octanol–water partition coefficient (Wildman–Crippen LogP) is 1.85. The summed E-state index contributed by atoms with van der Waals surface area (Å²) in [5.74, 6) is -0.698. The number of carbonyl (C=O) groups is 1. The summed E-state index contributed by atoms with van der Waals surface area (Å²) < 4.78 is 0. The molecule has 1 atom stereocenters. The van der Waals surface area contributed by atoms with Crippen LogP contribution in [0.5, 0.6) is 0 Å². The third kappa shape index (κ3) is 3.95. The molecule has 4 heteroatoms. The summed E-state index contributed by atoms with van der Waals surface area (Å²) in [5, 5.41) is 12.6. The van der Waals surface area contributed by atoms with Gasteiger partial charge < -0.3 is 10.4 Å². The molecular formula is C14H26N2O2. The van der Waals surface area contributed by atoms with Crippen LogP contribution in [0.4, 0.5) is 0 Å². The lowest BCUT2D eigenvalue weighted by Crippen LogP contribution is -2.50. The minimum Gasteiger partial charge on any atom is -0.480 e. The van der Waals surface area contributed by atoms with Crippen LogP contribution in [0, 0.1) is 0 Å². The van der Waals surface area contributed by atoms with Crippen molar-refractivity contribution in [1.82, 2.24) is 10.2 Å².